The molecular weight excluding hydrogens is 494 g/mol. The van der Waals surface area contributed by atoms with Crippen molar-refractivity contribution in [2.75, 3.05) is 13.1 Å². The minimum Gasteiger partial charge on any atom is -0.508 e. The molecule has 0 spiro atoms. The number of likely N-dealkylation sites (tertiary alicyclic amines) is 1. The molecule has 0 radical (unpaired) electrons. The number of amides is 3. The zero-order valence-corrected chi connectivity index (χ0v) is 21.8. The predicted molar refractivity (Wildman–Crippen MR) is 141 cm³/mol. The van der Waals surface area contributed by atoms with Gasteiger partial charge in [-0.1, -0.05) is 26.0 Å². The molecule has 3 amide bonds. The second kappa shape index (κ2) is 14.2. The van der Waals surface area contributed by atoms with Crippen molar-refractivity contribution in [1.29, 1.82) is 0 Å². The van der Waals surface area contributed by atoms with Crippen LogP contribution in [-0.4, -0.2) is 82.0 Å². The van der Waals surface area contributed by atoms with Crippen molar-refractivity contribution in [3.63, 3.8) is 0 Å². The van der Waals surface area contributed by atoms with E-state index in [1.54, 1.807) is 26.0 Å². The van der Waals surface area contributed by atoms with Crippen molar-refractivity contribution in [1.82, 2.24) is 15.5 Å². The first-order chi connectivity index (χ1) is 17.9. The van der Waals surface area contributed by atoms with Crippen LogP contribution < -0.4 is 27.8 Å². The molecule has 1 fully saturated rings. The number of benzene rings is 1. The van der Waals surface area contributed by atoms with Crippen LogP contribution in [-0.2, 0) is 25.6 Å². The van der Waals surface area contributed by atoms with Gasteiger partial charge in [-0.15, -0.1) is 0 Å². The molecule has 1 aromatic rings. The van der Waals surface area contributed by atoms with Crippen LogP contribution in [0, 0.1) is 5.92 Å². The van der Waals surface area contributed by atoms with E-state index < -0.39 is 47.9 Å². The number of guanidine groups is 1. The summed E-state index contributed by atoms with van der Waals surface area (Å²) in [5, 5.41) is 24.2. The molecule has 210 valence electrons. The average Bonchev–Trinajstić information content (AvgIpc) is 3.34. The number of rotatable bonds is 13. The standard InChI is InChI=1S/C25H39N7O6/c1-14(2)20(31-21(34)17(26)13-15-7-9-16(33)10-8-15)23(36)32-12-4-6-19(32)22(35)30-18(24(37)38)5-3-11-29-25(27)28/h7-10,14,17-20,33H,3-6,11-13,26H2,1-2H3,(H,30,35)(H,31,34)(H,37,38)(H4,27,28,29). The Morgan fingerprint density at radius 2 is 1.79 bits per heavy atom. The summed E-state index contributed by atoms with van der Waals surface area (Å²) in [6.07, 6.45) is 1.60. The number of aliphatic carboxylic acids is 1. The number of phenols is 1. The Labute approximate surface area is 221 Å². The molecule has 1 heterocycles. The third kappa shape index (κ3) is 8.91. The molecule has 1 aromatic carbocycles. The van der Waals surface area contributed by atoms with E-state index in [0.717, 1.165) is 5.56 Å². The summed E-state index contributed by atoms with van der Waals surface area (Å²) in [7, 11) is 0. The molecule has 4 atom stereocenters. The van der Waals surface area contributed by atoms with Crippen molar-refractivity contribution >= 4 is 29.7 Å². The summed E-state index contributed by atoms with van der Waals surface area (Å²) in [5.41, 5.74) is 17.4. The zero-order valence-electron chi connectivity index (χ0n) is 21.8. The third-order valence-corrected chi connectivity index (χ3v) is 6.36. The maximum Gasteiger partial charge on any atom is 0.326 e. The highest BCUT2D eigenvalue weighted by atomic mass is 16.4. The highest BCUT2D eigenvalue weighted by molar-refractivity contribution is 5.94. The fourth-order valence-electron chi connectivity index (χ4n) is 4.26. The number of nitrogens with one attached hydrogen (secondary N) is 2. The number of hydrogen-bond donors (Lipinski definition) is 7. The van der Waals surface area contributed by atoms with Crippen LogP contribution >= 0.6 is 0 Å². The number of nitrogens with two attached hydrogens (primary N) is 3. The fraction of sp³-hybridized carbons (Fsp3) is 0.560. The smallest absolute Gasteiger partial charge is 0.326 e. The molecule has 1 aliphatic rings. The van der Waals surface area contributed by atoms with Gasteiger partial charge in [-0.05, 0) is 55.7 Å². The molecule has 13 nitrogen and oxygen atoms in total. The first kappa shape index (κ1) is 30.4. The van der Waals surface area contributed by atoms with Gasteiger partial charge in [-0.3, -0.25) is 19.4 Å². The number of carboxylic acids is 1. The van der Waals surface area contributed by atoms with Gasteiger partial charge in [0.15, 0.2) is 5.96 Å². The molecule has 10 N–H and O–H groups in total. The van der Waals surface area contributed by atoms with Crippen molar-refractivity contribution in [2.45, 2.75) is 70.1 Å². The predicted octanol–water partition coefficient (Wildman–Crippen LogP) is -0.983. The van der Waals surface area contributed by atoms with Gasteiger partial charge in [0.05, 0.1) is 6.04 Å². The van der Waals surface area contributed by atoms with E-state index in [1.807, 2.05) is 0 Å². The van der Waals surface area contributed by atoms with Crippen LogP contribution in [0.2, 0.25) is 0 Å². The Balaban J connectivity index is 2.03. The third-order valence-electron chi connectivity index (χ3n) is 6.36. The Morgan fingerprint density at radius 3 is 2.37 bits per heavy atom. The van der Waals surface area contributed by atoms with Gasteiger partial charge in [0.2, 0.25) is 17.7 Å². The molecule has 38 heavy (non-hydrogen) atoms. The Hall–Kier alpha value is -3.87. The Bertz CT molecular complexity index is 1010. The summed E-state index contributed by atoms with van der Waals surface area (Å²) in [6, 6.07) is 2.45. The first-order valence-corrected chi connectivity index (χ1v) is 12.6. The molecule has 0 aliphatic carbocycles. The highest BCUT2D eigenvalue weighted by Gasteiger charge is 2.40. The lowest BCUT2D eigenvalue weighted by molar-refractivity contribution is -0.145. The summed E-state index contributed by atoms with van der Waals surface area (Å²) < 4.78 is 0. The van der Waals surface area contributed by atoms with E-state index >= 15 is 0 Å². The number of nitrogens with zero attached hydrogens (tertiary/aromatic N) is 2. The molecular formula is C25H39N7O6. The minimum absolute atomic E-state index is 0.0991. The number of hydrogen-bond acceptors (Lipinski definition) is 7. The van der Waals surface area contributed by atoms with Crippen LogP contribution in [0.5, 0.6) is 5.75 Å². The molecule has 13 heteroatoms. The van der Waals surface area contributed by atoms with Crippen LogP contribution in [0.3, 0.4) is 0 Å². The number of carboxylic acid groups (broad SMARTS) is 1. The molecule has 0 aromatic heterocycles. The van der Waals surface area contributed by atoms with E-state index in [2.05, 4.69) is 15.6 Å². The van der Waals surface area contributed by atoms with Crippen molar-refractivity contribution in [2.24, 2.45) is 28.1 Å². The van der Waals surface area contributed by atoms with Crippen LogP contribution in [0.25, 0.3) is 0 Å². The quantitative estimate of drug-likeness (QED) is 0.0937. The molecule has 0 bridgehead atoms. The maximum absolute atomic E-state index is 13.5. The van der Waals surface area contributed by atoms with Crippen LogP contribution in [0.1, 0.15) is 45.1 Å². The zero-order chi connectivity index (χ0) is 28.4. The number of aromatic hydroxyl groups is 1. The highest BCUT2D eigenvalue weighted by Crippen LogP contribution is 2.21. The van der Waals surface area contributed by atoms with E-state index in [0.29, 0.717) is 25.8 Å². The van der Waals surface area contributed by atoms with Crippen molar-refractivity contribution in [3.05, 3.63) is 29.8 Å². The summed E-state index contributed by atoms with van der Waals surface area (Å²) >= 11 is 0. The van der Waals surface area contributed by atoms with E-state index in [4.69, 9.17) is 17.2 Å². The number of aliphatic imine (C=N–C) groups is 1. The molecule has 0 saturated carbocycles. The van der Waals surface area contributed by atoms with Gasteiger partial charge in [0.1, 0.15) is 23.9 Å². The number of phenolic OH excluding ortho intramolecular Hbond substituents is 1. The summed E-state index contributed by atoms with van der Waals surface area (Å²) in [6.45, 7) is 4.07. The maximum atomic E-state index is 13.5. The average molecular weight is 534 g/mol. The van der Waals surface area contributed by atoms with Crippen molar-refractivity contribution < 1.29 is 29.4 Å². The minimum atomic E-state index is -1.20. The molecule has 4 unspecified atom stereocenters. The summed E-state index contributed by atoms with van der Waals surface area (Å²) in [5.74, 6) is -3.01. The van der Waals surface area contributed by atoms with Gasteiger partial charge in [-0.2, -0.15) is 0 Å². The monoisotopic (exact) mass is 533 g/mol. The largest absolute Gasteiger partial charge is 0.508 e. The Kier molecular flexibility index (Phi) is 11.3. The van der Waals surface area contributed by atoms with E-state index in [1.165, 1.54) is 17.0 Å². The SMILES string of the molecule is CC(C)C(NC(=O)C(N)Cc1ccc(O)cc1)C(=O)N1CCCC1C(=O)NC(CCCN=C(N)N)C(=O)O. The molecule has 1 aliphatic heterocycles. The van der Waals surface area contributed by atoms with E-state index in [-0.39, 0.29) is 37.0 Å². The topological polar surface area (TPSA) is 226 Å². The van der Waals surface area contributed by atoms with Crippen LogP contribution in [0.15, 0.2) is 29.3 Å². The first-order valence-electron chi connectivity index (χ1n) is 12.6. The molecule has 2 rings (SSSR count). The lowest BCUT2D eigenvalue weighted by atomic mass is 10.00. The van der Waals surface area contributed by atoms with Gasteiger partial charge in [0.25, 0.3) is 0 Å². The van der Waals surface area contributed by atoms with Gasteiger partial charge < -0.3 is 42.9 Å². The van der Waals surface area contributed by atoms with Crippen LogP contribution in [0.4, 0.5) is 0 Å². The van der Waals surface area contributed by atoms with Crippen molar-refractivity contribution in [3.8, 4) is 5.75 Å². The van der Waals surface area contributed by atoms with E-state index in [9.17, 15) is 29.4 Å². The second-order valence-corrected chi connectivity index (χ2v) is 9.75. The van der Waals surface area contributed by atoms with Gasteiger partial charge in [-0.25, -0.2) is 4.79 Å². The number of carbonyl (C=O) groups excluding carboxylic acids is 3. The fourth-order valence-corrected chi connectivity index (χ4v) is 4.26. The normalized spacial score (nSPS) is 17.4. The molecule has 1 saturated heterocycles. The lowest BCUT2D eigenvalue weighted by Crippen LogP contribution is -2.58. The second-order valence-electron chi connectivity index (χ2n) is 9.75. The summed E-state index contributed by atoms with van der Waals surface area (Å²) in [4.78, 5) is 56.2. The Morgan fingerprint density at radius 1 is 1.13 bits per heavy atom. The number of carbonyl (C=O) groups is 4. The van der Waals surface area contributed by atoms with Gasteiger partial charge in [0, 0.05) is 13.1 Å². The van der Waals surface area contributed by atoms with Gasteiger partial charge >= 0.3 is 5.97 Å². The lowest BCUT2D eigenvalue weighted by Gasteiger charge is -2.31.